The molecule has 3 rings (SSSR count). The Hall–Kier alpha value is -2.36. The molecule has 1 amide bonds. The molecule has 1 aliphatic rings. The maximum atomic E-state index is 12.5. The van der Waals surface area contributed by atoms with Crippen LogP contribution in [0.3, 0.4) is 0 Å². The van der Waals surface area contributed by atoms with Crippen LogP contribution >= 0.6 is 0 Å². The number of rotatable bonds is 3. The topological polar surface area (TPSA) is 45.2 Å². The molecule has 108 valence electrons. The number of nitrogens with zero attached hydrogens (tertiary/aromatic N) is 2. The molecule has 1 aromatic carbocycles. The summed E-state index contributed by atoms with van der Waals surface area (Å²) in [5.74, 6) is 0.695. The number of piperidine rings is 1. The van der Waals surface area contributed by atoms with E-state index in [-0.39, 0.29) is 5.91 Å². The fourth-order valence-electron chi connectivity index (χ4n) is 2.65. The minimum absolute atomic E-state index is 0.102. The summed E-state index contributed by atoms with van der Waals surface area (Å²) in [5, 5.41) is 2.93. The van der Waals surface area contributed by atoms with Gasteiger partial charge >= 0.3 is 0 Å². The van der Waals surface area contributed by atoms with Crippen LogP contribution < -0.4 is 10.2 Å². The number of benzene rings is 1. The molecule has 21 heavy (non-hydrogen) atoms. The van der Waals surface area contributed by atoms with Crippen LogP contribution in [0.5, 0.6) is 0 Å². The SMILES string of the molecule is O=C(Nc1ccccc1)c1cccnc1N1CCCCC1. The van der Waals surface area contributed by atoms with Gasteiger partial charge in [0.2, 0.25) is 0 Å². The van der Waals surface area contributed by atoms with Gasteiger partial charge in [0.15, 0.2) is 0 Å². The first-order chi connectivity index (χ1) is 10.3. The van der Waals surface area contributed by atoms with Crippen LogP contribution in [0.1, 0.15) is 29.6 Å². The average molecular weight is 281 g/mol. The Balaban J connectivity index is 1.82. The van der Waals surface area contributed by atoms with E-state index in [0.29, 0.717) is 5.56 Å². The minimum atomic E-state index is -0.102. The second kappa shape index (κ2) is 6.39. The molecule has 0 atom stereocenters. The number of nitrogens with one attached hydrogen (secondary N) is 1. The summed E-state index contributed by atoms with van der Waals surface area (Å²) in [6.45, 7) is 1.95. The highest BCUT2D eigenvalue weighted by molar-refractivity contribution is 6.07. The van der Waals surface area contributed by atoms with Crippen LogP contribution in [0.4, 0.5) is 11.5 Å². The molecule has 2 aromatic rings. The fourth-order valence-corrected chi connectivity index (χ4v) is 2.65. The smallest absolute Gasteiger partial charge is 0.259 e. The first-order valence-corrected chi connectivity index (χ1v) is 7.41. The maximum Gasteiger partial charge on any atom is 0.259 e. The maximum absolute atomic E-state index is 12.5. The monoisotopic (exact) mass is 281 g/mol. The number of carbonyl (C=O) groups is 1. The highest BCUT2D eigenvalue weighted by Gasteiger charge is 2.19. The Labute approximate surface area is 124 Å². The van der Waals surface area contributed by atoms with Crippen molar-refractivity contribution in [3.63, 3.8) is 0 Å². The standard InChI is InChI=1S/C17H19N3O/c21-17(19-14-8-3-1-4-9-14)15-10-7-11-18-16(15)20-12-5-2-6-13-20/h1,3-4,7-11H,2,5-6,12-13H2,(H,19,21). The van der Waals surface area contributed by atoms with Crippen LogP contribution in [-0.2, 0) is 0 Å². The zero-order valence-corrected chi connectivity index (χ0v) is 12.0. The molecule has 0 saturated carbocycles. The highest BCUT2D eigenvalue weighted by atomic mass is 16.1. The quantitative estimate of drug-likeness (QED) is 0.938. The van der Waals surface area contributed by atoms with E-state index in [1.807, 2.05) is 42.5 Å². The third kappa shape index (κ3) is 3.21. The number of hydrogen-bond acceptors (Lipinski definition) is 3. The lowest BCUT2D eigenvalue weighted by molar-refractivity contribution is 0.102. The number of carbonyl (C=O) groups excluding carboxylic acids is 1. The molecular weight excluding hydrogens is 262 g/mol. The molecular formula is C17H19N3O. The molecule has 1 fully saturated rings. The van der Waals surface area contributed by atoms with E-state index in [2.05, 4.69) is 15.2 Å². The predicted octanol–water partition coefficient (Wildman–Crippen LogP) is 3.32. The van der Waals surface area contributed by atoms with Crippen LogP contribution in [0.2, 0.25) is 0 Å². The summed E-state index contributed by atoms with van der Waals surface area (Å²) in [6.07, 6.45) is 5.34. The van der Waals surface area contributed by atoms with Crippen molar-refractivity contribution in [3.05, 3.63) is 54.2 Å². The number of anilines is 2. The van der Waals surface area contributed by atoms with Crippen molar-refractivity contribution in [2.75, 3.05) is 23.3 Å². The molecule has 0 aliphatic carbocycles. The van der Waals surface area contributed by atoms with Gasteiger partial charge in [0, 0.05) is 25.0 Å². The van der Waals surface area contributed by atoms with Gasteiger partial charge in [0.1, 0.15) is 5.82 Å². The zero-order valence-electron chi connectivity index (χ0n) is 12.0. The van der Waals surface area contributed by atoms with Crippen LogP contribution in [0.15, 0.2) is 48.7 Å². The van der Waals surface area contributed by atoms with Gasteiger partial charge in [-0.05, 0) is 43.5 Å². The Morgan fingerprint density at radius 1 is 1.00 bits per heavy atom. The molecule has 4 nitrogen and oxygen atoms in total. The lowest BCUT2D eigenvalue weighted by atomic mass is 10.1. The summed E-state index contributed by atoms with van der Waals surface area (Å²) in [5.41, 5.74) is 1.44. The minimum Gasteiger partial charge on any atom is -0.356 e. The zero-order chi connectivity index (χ0) is 14.5. The summed E-state index contributed by atoms with van der Waals surface area (Å²) in [7, 11) is 0. The number of para-hydroxylation sites is 1. The third-order valence-electron chi connectivity index (χ3n) is 3.72. The molecule has 0 spiro atoms. The number of aromatic nitrogens is 1. The molecule has 1 aromatic heterocycles. The molecule has 0 bridgehead atoms. The molecule has 2 heterocycles. The molecule has 4 heteroatoms. The lowest BCUT2D eigenvalue weighted by Gasteiger charge is -2.29. The molecule has 0 unspecified atom stereocenters. The van der Waals surface area contributed by atoms with Gasteiger partial charge in [-0.1, -0.05) is 18.2 Å². The van der Waals surface area contributed by atoms with Crippen molar-refractivity contribution in [3.8, 4) is 0 Å². The first-order valence-electron chi connectivity index (χ1n) is 7.41. The van der Waals surface area contributed by atoms with E-state index in [1.165, 1.54) is 6.42 Å². The van der Waals surface area contributed by atoms with Gasteiger partial charge in [0.05, 0.1) is 5.56 Å². The molecule has 1 saturated heterocycles. The Morgan fingerprint density at radius 3 is 2.52 bits per heavy atom. The van der Waals surface area contributed by atoms with Crippen LogP contribution in [-0.4, -0.2) is 24.0 Å². The average Bonchev–Trinajstić information content (AvgIpc) is 2.56. The van der Waals surface area contributed by atoms with E-state index in [0.717, 1.165) is 37.4 Å². The van der Waals surface area contributed by atoms with Gasteiger partial charge in [-0.25, -0.2) is 4.98 Å². The van der Waals surface area contributed by atoms with Crippen molar-refractivity contribution < 1.29 is 4.79 Å². The van der Waals surface area contributed by atoms with Gasteiger partial charge in [-0.3, -0.25) is 4.79 Å². The third-order valence-corrected chi connectivity index (χ3v) is 3.72. The predicted molar refractivity (Wildman–Crippen MR) is 84.7 cm³/mol. The second-order valence-corrected chi connectivity index (χ2v) is 5.24. The largest absolute Gasteiger partial charge is 0.356 e. The summed E-state index contributed by atoms with van der Waals surface area (Å²) < 4.78 is 0. The fraction of sp³-hybridized carbons (Fsp3) is 0.294. The van der Waals surface area contributed by atoms with E-state index in [1.54, 1.807) is 6.20 Å². The molecule has 0 radical (unpaired) electrons. The number of amides is 1. The van der Waals surface area contributed by atoms with E-state index < -0.39 is 0 Å². The van der Waals surface area contributed by atoms with Crippen molar-refractivity contribution >= 4 is 17.4 Å². The van der Waals surface area contributed by atoms with Gasteiger partial charge in [-0.2, -0.15) is 0 Å². The molecule has 1 N–H and O–H groups in total. The van der Waals surface area contributed by atoms with E-state index >= 15 is 0 Å². The Kier molecular flexibility index (Phi) is 4.15. The van der Waals surface area contributed by atoms with Gasteiger partial charge in [0.25, 0.3) is 5.91 Å². The highest BCUT2D eigenvalue weighted by Crippen LogP contribution is 2.22. The Bertz CT molecular complexity index is 606. The van der Waals surface area contributed by atoms with Crippen molar-refractivity contribution in [1.29, 1.82) is 0 Å². The molecule has 1 aliphatic heterocycles. The Morgan fingerprint density at radius 2 is 1.76 bits per heavy atom. The normalized spacial score (nSPS) is 14.8. The van der Waals surface area contributed by atoms with E-state index in [4.69, 9.17) is 0 Å². The van der Waals surface area contributed by atoms with Crippen molar-refractivity contribution in [1.82, 2.24) is 4.98 Å². The van der Waals surface area contributed by atoms with Crippen molar-refractivity contribution in [2.45, 2.75) is 19.3 Å². The van der Waals surface area contributed by atoms with Gasteiger partial charge in [-0.15, -0.1) is 0 Å². The summed E-state index contributed by atoms with van der Waals surface area (Å²) in [4.78, 5) is 19.1. The first kappa shape index (κ1) is 13.6. The summed E-state index contributed by atoms with van der Waals surface area (Å²) >= 11 is 0. The summed E-state index contributed by atoms with van der Waals surface area (Å²) in [6, 6.07) is 13.2. The lowest BCUT2D eigenvalue weighted by Crippen LogP contribution is -2.32. The van der Waals surface area contributed by atoms with Crippen molar-refractivity contribution in [2.24, 2.45) is 0 Å². The number of pyridine rings is 1. The number of hydrogen-bond donors (Lipinski definition) is 1. The van der Waals surface area contributed by atoms with Crippen LogP contribution in [0.25, 0.3) is 0 Å². The second-order valence-electron chi connectivity index (χ2n) is 5.24. The van der Waals surface area contributed by atoms with E-state index in [9.17, 15) is 4.79 Å². The van der Waals surface area contributed by atoms with Gasteiger partial charge < -0.3 is 10.2 Å². The van der Waals surface area contributed by atoms with Crippen LogP contribution in [0, 0.1) is 0 Å².